The molecule has 27 heavy (non-hydrogen) atoms. The highest BCUT2D eigenvalue weighted by molar-refractivity contribution is 7.88. The zero-order valence-corrected chi connectivity index (χ0v) is 15.9. The third-order valence-electron chi connectivity index (χ3n) is 5.43. The van der Waals surface area contributed by atoms with Crippen LogP contribution in [0.4, 0.5) is 10.3 Å². The first-order valence-corrected chi connectivity index (χ1v) is 11.0. The first-order chi connectivity index (χ1) is 12.8. The van der Waals surface area contributed by atoms with Gasteiger partial charge in [0.1, 0.15) is 5.52 Å². The smallest absolute Gasteiger partial charge is 0.241 e. The maximum Gasteiger partial charge on any atom is 0.241 e. The van der Waals surface area contributed by atoms with Crippen molar-refractivity contribution in [1.29, 1.82) is 0 Å². The van der Waals surface area contributed by atoms with E-state index in [1.54, 1.807) is 4.52 Å². The summed E-state index contributed by atoms with van der Waals surface area (Å²) in [5, 5.41) is 7.39. The molecule has 1 N–H and O–H groups in total. The Morgan fingerprint density at radius 2 is 2.00 bits per heavy atom. The van der Waals surface area contributed by atoms with Crippen LogP contribution in [0, 0.1) is 5.82 Å². The Balaban J connectivity index is 1.56. The largest absolute Gasteiger partial charge is 0.343 e. The van der Waals surface area contributed by atoms with Crippen LogP contribution in [0.2, 0.25) is 0 Å². The summed E-state index contributed by atoms with van der Waals surface area (Å²) in [4.78, 5) is 16.4. The van der Waals surface area contributed by atoms with Crippen LogP contribution < -0.4 is 5.32 Å². The van der Waals surface area contributed by atoms with Gasteiger partial charge in [-0.15, -0.1) is 5.10 Å². The van der Waals surface area contributed by atoms with E-state index in [0.29, 0.717) is 11.9 Å². The molecule has 2 aromatic rings. The number of halogens is 1. The maximum absolute atomic E-state index is 14.2. The number of nitrogens with one attached hydrogen (secondary N) is 1. The Morgan fingerprint density at radius 3 is 2.67 bits per heavy atom. The van der Waals surface area contributed by atoms with Crippen molar-refractivity contribution in [3.8, 4) is 0 Å². The van der Waals surface area contributed by atoms with Crippen molar-refractivity contribution >= 4 is 27.3 Å². The van der Waals surface area contributed by atoms with E-state index in [1.807, 2.05) is 0 Å². The molecule has 0 amide bonds. The molecule has 1 atom stereocenters. The summed E-state index contributed by atoms with van der Waals surface area (Å²) in [5.41, 5.74) is 1.16. The summed E-state index contributed by atoms with van der Waals surface area (Å²) in [6.07, 6.45) is 7.13. The molecule has 2 fully saturated rings. The van der Waals surface area contributed by atoms with Crippen molar-refractivity contribution in [2.24, 2.45) is 0 Å². The number of aromatic nitrogens is 3. The summed E-state index contributed by atoms with van der Waals surface area (Å²) in [6.45, 7) is 0.0974. The minimum atomic E-state index is -3.39. The molecule has 2 aromatic heterocycles. The molecule has 10 heteroatoms. The van der Waals surface area contributed by atoms with Gasteiger partial charge < -0.3 is 5.32 Å². The number of nitrogens with zero attached hydrogens (tertiary/aromatic N) is 4. The number of carbonyl (C=O) groups is 1. The molecule has 0 unspecified atom stereocenters. The van der Waals surface area contributed by atoms with Gasteiger partial charge in [0.15, 0.2) is 11.6 Å². The van der Waals surface area contributed by atoms with Gasteiger partial charge in [0.2, 0.25) is 16.0 Å². The summed E-state index contributed by atoms with van der Waals surface area (Å²) in [5.74, 6) is -0.0565. The van der Waals surface area contributed by atoms with Gasteiger partial charge >= 0.3 is 0 Å². The van der Waals surface area contributed by atoms with E-state index in [-0.39, 0.29) is 36.6 Å². The number of sulfonamides is 1. The van der Waals surface area contributed by atoms with Gasteiger partial charge in [-0.2, -0.15) is 4.31 Å². The first kappa shape index (κ1) is 18.3. The van der Waals surface area contributed by atoms with Crippen LogP contribution >= 0.6 is 0 Å². The molecular formula is C17H22FN5O3S. The molecule has 4 rings (SSSR count). The Hall–Kier alpha value is -2.07. The van der Waals surface area contributed by atoms with E-state index in [0.717, 1.165) is 41.9 Å². The molecule has 1 aliphatic carbocycles. The highest BCUT2D eigenvalue weighted by Crippen LogP contribution is 2.35. The van der Waals surface area contributed by atoms with Gasteiger partial charge in [0.05, 0.1) is 25.0 Å². The lowest BCUT2D eigenvalue weighted by molar-refractivity contribution is -0.121. The van der Waals surface area contributed by atoms with Crippen LogP contribution in [0.5, 0.6) is 0 Å². The monoisotopic (exact) mass is 395 g/mol. The molecule has 0 spiro atoms. The predicted molar refractivity (Wildman–Crippen MR) is 97.6 cm³/mol. The second-order valence-corrected chi connectivity index (χ2v) is 9.31. The molecule has 1 saturated heterocycles. The van der Waals surface area contributed by atoms with E-state index in [2.05, 4.69) is 15.4 Å². The average Bonchev–Trinajstić information content (AvgIpc) is 3.24. The summed E-state index contributed by atoms with van der Waals surface area (Å²) in [6, 6.07) is 0.968. The third kappa shape index (κ3) is 3.55. The zero-order valence-electron chi connectivity index (χ0n) is 15.1. The van der Waals surface area contributed by atoms with Crippen molar-refractivity contribution in [2.75, 3.05) is 24.7 Å². The fourth-order valence-corrected chi connectivity index (χ4v) is 4.74. The molecule has 0 bridgehead atoms. The lowest BCUT2D eigenvalue weighted by Gasteiger charge is -2.29. The molecule has 0 radical (unpaired) electrons. The number of ketones is 1. The molecule has 1 saturated carbocycles. The van der Waals surface area contributed by atoms with E-state index in [1.165, 1.54) is 12.3 Å². The molecule has 1 aliphatic heterocycles. The lowest BCUT2D eigenvalue weighted by Crippen LogP contribution is -2.48. The number of Topliss-reactive ketones (excluding diaryl/α,β-unsaturated/α-hetero) is 1. The highest BCUT2D eigenvalue weighted by Gasteiger charge is 2.32. The van der Waals surface area contributed by atoms with E-state index in [9.17, 15) is 17.6 Å². The number of hydrogen-bond donors (Lipinski definition) is 1. The van der Waals surface area contributed by atoms with Gasteiger partial charge in [0, 0.05) is 18.2 Å². The van der Waals surface area contributed by atoms with Crippen molar-refractivity contribution in [1.82, 2.24) is 18.9 Å². The van der Waals surface area contributed by atoms with E-state index < -0.39 is 16.1 Å². The van der Waals surface area contributed by atoms with Crippen molar-refractivity contribution < 1.29 is 17.6 Å². The third-order valence-corrected chi connectivity index (χ3v) is 6.68. The second-order valence-electron chi connectivity index (χ2n) is 7.33. The second kappa shape index (κ2) is 6.83. The van der Waals surface area contributed by atoms with Gasteiger partial charge in [-0.3, -0.25) is 4.79 Å². The summed E-state index contributed by atoms with van der Waals surface area (Å²) < 4.78 is 40.2. The number of hydrogen-bond acceptors (Lipinski definition) is 6. The quantitative estimate of drug-likeness (QED) is 0.844. The highest BCUT2D eigenvalue weighted by atomic mass is 32.2. The minimum Gasteiger partial charge on any atom is -0.343 e. The van der Waals surface area contributed by atoms with Crippen LogP contribution in [-0.2, 0) is 14.8 Å². The Morgan fingerprint density at radius 1 is 1.26 bits per heavy atom. The average molecular weight is 395 g/mol. The molecule has 146 valence electrons. The number of rotatable bonds is 4. The van der Waals surface area contributed by atoms with Gasteiger partial charge in [-0.05, 0) is 25.3 Å². The number of anilines is 1. The van der Waals surface area contributed by atoms with Gasteiger partial charge in [-0.1, -0.05) is 12.8 Å². The Bertz CT molecular complexity index is 984. The molecule has 0 aromatic carbocycles. The topological polar surface area (TPSA) is 96.7 Å². The van der Waals surface area contributed by atoms with E-state index >= 15 is 0 Å². The van der Waals surface area contributed by atoms with Gasteiger partial charge in [0.25, 0.3) is 0 Å². The van der Waals surface area contributed by atoms with Crippen molar-refractivity contribution in [3.63, 3.8) is 0 Å². The van der Waals surface area contributed by atoms with E-state index in [4.69, 9.17) is 0 Å². The standard InChI is InChI=1S/C17H22FN5O3S/c1-27(25,26)22-7-6-13(16(24)10-22)20-17-19-9-15-12(18)8-14(23(15)21-17)11-4-2-3-5-11/h8-9,11,13H,2-7,10H2,1H3,(H,20,21)/t13-/m1/s1. The first-order valence-electron chi connectivity index (χ1n) is 9.11. The van der Waals surface area contributed by atoms with Crippen molar-refractivity contribution in [3.05, 3.63) is 23.8 Å². The van der Waals surface area contributed by atoms with Crippen LogP contribution in [0.15, 0.2) is 12.3 Å². The number of piperidine rings is 1. The lowest BCUT2D eigenvalue weighted by atomic mass is 10.0. The van der Waals surface area contributed by atoms with Crippen molar-refractivity contribution in [2.45, 2.75) is 44.1 Å². The van der Waals surface area contributed by atoms with Crippen LogP contribution in [0.1, 0.15) is 43.7 Å². The minimum absolute atomic E-state index is 0.162. The molecule has 2 aliphatic rings. The zero-order chi connectivity index (χ0) is 19.2. The molecular weight excluding hydrogens is 373 g/mol. The Labute approximate surface area is 156 Å². The van der Waals surface area contributed by atoms with Crippen LogP contribution in [-0.4, -0.2) is 58.5 Å². The number of carbonyl (C=O) groups excluding carboxylic acids is 1. The fraction of sp³-hybridized carbons (Fsp3) is 0.588. The molecule has 8 nitrogen and oxygen atoms in total. The number of fused-ring (bicyclic) bond motifs is 1. The maximum atomic E-state index is 14.2. The SMILES string of the molecule is CS(=O)(=O)N1CC[C@@H](Nc2ncc3c(F)cc(C4CCCC4)n3n2)C(=O)C1. The Kier molecular flexibility index (Phi) is 4.63. The molecule has 3 heterocycles. The summed E-state index contributed by atoms with van der Waals surface area (Å²) in [7, 11) is -3.39. The predicted octanol–water partition coefficient (Wildman–Crippen LogP) is 1.54. The van der Waals surface area contributed by atoms with Crippen LogP contribution in [0.25, 0.3) is 5.52 Å². The fourth-order valence-electron chi connectivity index (χ4n) is 3.94. The normalized spacial score (nSPS) is 22.6. The summed E-state index contributed by atoms with van der Waals surface area (Å²) >= 11 is 0. The van der Waals surface area contributed by atoms with Gasteiger partial charge in [-0.25, -0.2) is 22.3 Å². The van der Waals surface area contributed by atoms with Crippen LogP contribution in [0.3, 0.4) is 0 Å².